The molecule has 1 saturated heterocycles. The van der Waals surface area contributed by atoms with Crippen molar-refractivity contribution in [1.82, 2.24) is 20.2 Å². The van der Waals surface area contributed by atoms with E-state index in [2.05, 4.69) is 27.5 Å². The van der Waals surface area contributed by atoms with E-state index in [1.54, 1.807) is 0 Å². The zero-order chi connectivity index (χ0) is 33.9. The van der Waals surface area contributed by atoms with Gasteiger partial charge >= 0.3 is 5.69 Å². The maximum Gasteiger partial charge on any atom is 0.351 e. The first kappa shape index (κ1) is 38.7. The Labute approximate surface area is 281 Å². The predicted octanol–water partition coefficient (Wildman–Crippen LogP) is 0.706. The number of carbonyl (C=O) groups excluding carboxylic acids is 2. The highest BCUT2D eigenvalue weighted by Gasteiger charge is 2.35. The molecule has 15 heteroatoms. The molecule has 47 heavy (non-hydrogen) atoms. The zero-order valence-corrected chi connectivity index (χ0v) is 27.8. The third-order valence-electron chi connectivity index (χ3n) is 8.18. The lowest BCUT2D eigenvalue weighted by molar-refractivity contribution is -0.130. The third kappa shape index (κ3) is 13.7. The maximum atomic E-state index is 12.6. The smallest absolute Gasteiger partial charge is 0.351 e. The summed E-state index contributed by atoms with van der Waals surface area (Å²) in [6, 6.07) is 0. The number of hydrogen-bond acceptors (Lipinski definition) is 11. The Hall–Kier alpha value is -2.77. The first-order valence-corrected chi connectivity index (χ1v) is 17.0. The summed E-state index contributed by atoms with van der Waals surface area (Å²) in [5.41, 5.74) is 5.49. The van der Waals surface area contributed by atoms with Crippen molar-refractivity contribution < 1.29 is 38.7 Å². The molecule has 0 radical (unpaired) electrons. The second kappa shape index (κ2) is 22.0. The highest BCUT2D eigenvalue weighted by Crippen LogP contribution is 2.29. The van der Waals surface area contributed by atoms with Crippen LogP contribution in [0.25, 0.3) is 0 Å². The number of nitrogen functional groups attached to an aromatic ring is 1. The molecule has 1 aromatic heterocycles. The molecule has 0 aromatic carbocycles. The van der Waals surface area contributed by atoms with E-state index in [-0.39, 0.29) is 55.7 Å². The minimum Gasteiger partial charge on any atom is -0.394 e. The van der Waals surface area contributed by atoms with Crippen molar-refractivity contribution in [3.05, 3.63) is 22.2 Å². The summed E-state index contributed by atoms with van der Waals surface area (Å²) in [4.78, 5) is 41.2. The van der Waals surface area contributed by atoms with Gasteiger partial charge in [0.1, 0.15) is 24.8 Å². The largest absolute Gasteiger partial charge is 0.394 e. The van der Waals surface area contributed by atoms with Crippen molar-refractivity contribution in [2.45, 2.75) is 76.2 Å². The van der Waals surface area contributed by atoms with Crippen molar-refractivity contribution in [3.63, 3.8) is 0 Å². The molecule has 1 aliphatic carbocycles. The molecule has 2 aliphatic rings. The lowest BCUT2D eigenvalue weighted by atomic mass is 9.81. The van der Waals surface area contributed by atoms with Crippen molar-refractivity contribution in [1.29, 1.82) is 0 Å². The van der Waals surface area contributed by atoms with Gasteiger partial charge in [0.15, 0.2) is 0 Å². The quantitative estimate of drug-likeness (QED) is 0.0737. The number of aliphatic hydroxyl groups is 2. The molecular formula is C32H50ClN5O9. The Morgan fingerprint density at radius 1 is 0.979 bits per heavy atom. The van der Waals surface area contributed by atoms with Crippen molar-refractivity contribution >= 4 is 29.2 Å². The molecule has 14 nitrogen and oxygen atoms in total. The summed E-state index contributed by atoms with van der Waals surface area (Å²) in [6.45, 7) is 2.92. The van der Waals surface area contributed by atoms with E-state index in [9.17, 15) is 24.6 Å². The van der Waals surface area contributed by atoms with Crippen LogP contribution in [0.15, 0.2) is 11.0 Å². The average molecular weight is 684 g/mol. The van der Waals surface area contributed by atoms with Gasteiger partial charge in [-0.15, -0.1) is 11.6 Å². The van der Waals surface area contributed by atoms with Gasteiger partial charge in [-0.25, -0.2) is 4.79 Å². The molecule has 2 amide bonds. The Bertz CT molecular complexity index is 1220. The fourth-order valence-corrected chi connectivity index (χ4v) is 5.65. The number of alkyl halides is 1. The van der Waals surface area contributed by atoms with E-state index < -0.39 is 24.1 Å². The number of rotatable bonds is 20. The Morgan fingerprint density at radius 3 is 2.21 bits per heavy atom. The summed E-state index contributed by atoms with van der Waals surface area (Å²) < 4.78 is 23.3. The van der Waals surface area contributed by atoms with E-state index >= 15 is 0 Å². The molecule has 1 saturated carbocycles. The molecule has 3 rings (SSSR count). The van der Waals surface area contributed by atoms with Crippen molar-refractivity contribution in [2.75, 3.05) is 71.0 Å². The average Bonchev–Trinajstić information content (AvgIpc) is 3.45. The van der Waals surface area contributed by atoms with Gasteiger partial charge in [-0.2, -0.15) is 4.98 Å². The van der Waals surface area contributed by atoms with Crippen LogP contribution in [0.3, 0.4) is 0 Å². The summed E-state index contributed by atoms with van der Waals surface area (Å²) in [6.07, 6.45) is 6.02. The van der Waals surface area contributed by atoms with E-state index in [1.165, 1.54) is 10.8 Å². The molecule has 2 heterocycles. The number of ether oxygens (including phenoxy) is 4. The number of nitrogens with zero attached hydrogens (tertiary/aromatic N) is 2. The molecule has 0 spiro atoms. The second-order valence-corrected chi connectivity index (χ2v) is 12.0. The fourth-order valence-electron chi connectivity index (χ4n) is 5.46. The summed E-state index contributed by atoms with van der Waals surface area (Å²) in [7, 11) is 0. The van der Waals surface area contributed by atoms with Crippen LogP contribution in [-0.4, -0.2) is 109 Å². The first-order valence-electron chi connectivity index (χ1n) is 16.5. The molecular weight excluding hydrogens is 634 g/mol. The van der Waals surface area contributed by atoms with Crippen LogP contribution >= 0.6 is 11.6 Å². The molecule has 3 atom stereocenters. The molecule has 1 aromatic rings. The van der Waals surface area contributed by atoms with Gasteiger partial charge in [0, 0.05) is 50.0 Å². The molecule has 0 bridgehead atoms. The zero-order valence-electron chi connectivity index (χ0n) is 27.0. The van der Waals surface area contributed by atoms with Crippen molar-refractivity contribution in [3.8, 4) is 11.8 Å². The number of amides is 2. The maximum absolute atomic E-state index is 12.6. The number of carbonyl (C=O) groups is 2. The van der Waals surface area contributed by atoms with E-state index in [0.29, 0.717) is 70.0 Å². The van der Waals surface area contributed by atoms with Crippen LogP contribution in [0.2, 0.25) is 0 Å². The van der Waals surface area contributed by atoms with Gasteiger partial charge in [0.25, 0.3) is 0 Å². The number of aromatic nitrogens is 2. The van der Waals surface area contributed by atoms with Gasteiger partial charge < -0.3 is 45.5 Å². The van der Waals surface area contributed by atoms with Crippen LogP contribution < -0.4 is 22.1 Å². The van der Waals surface area contributed by atoms with Crippen LogP contribution in [0.5, 0.6) is 0 Å². The van der Waals surface area contributed by atoms with Gasteiger partial charge in [-0.3, -0.25) is 14.2 Å². The number of aliphatic hydroxyl groups excluding tert-OH is 2. The number of halogens is 1. The Morgan fingerprint density at radius 2 is 1.60 bits per heavy atom. The van der Waals surface area contributed by atoms with Crippen LogP contribution in [-0.2, 0) is 28.5 Å². The summed E-state index contributed by atoms with van der Waals surface area (Å²) >= 11 is 5.66. The number of anilines is 1. The monoisotopic (exact) mass is 683 g/mol. The number of unbranched alkanes of at least 4 members (excludes halogenated alkanes) is 3. The molecule has 2 fully saturated rings. The Balaban J connectivity index is 1.22. The van der Waals surface area contributed by atoms with E-state index in [1.807, 2.05) is 0 Å². The second-order valence-electron chi connectivity index (χ2n) is 11.7. The first-order chi connectivity index (χ1) is 22.8. The topological polar surface area (TPSA) is 196 Å². The number of hydrogen-bond donors (Lipinski definition) is 5. The molecule has 264 valence electrons. The van der Waals surface area contributed by atoms with Crippen LogP contribution in [0.1, 0.15) is 69.6 Å². The minimum atomic E-state index is -0.904. The third-order valence-corrected chi connectivity index (χ3v) is 8.44. The van der Waals surface area contributed by atoms with Gasteiger partial charge in [-0.1, -0.05) is 24.7 Å². The molecule has 6 N–H and O–H groups in total. The Kier molecular flexibility index (Phi) is 18.1. The van der Waals surface area contributed by atoms with Gasteiger partial charge in [-0.05, 0) is 38.5 Å². The van der Waals surface area contributed by atoms with E-state index in [4.69, 9.17) is 36.3 Å². The highest BCUT2D eigenvalue weighted by molar-refractivity contribution is 6.17. The standard InChI is InChI=1S/C32H50ClN5O9/c33-11-3-1-2-4-14-45-18-19-46-17-13-36-31(42)24-9-7-23(8-10-24)30(41)35-12-16-44-15-5-6-25-21-38(32(43)37-29(25)34)28-20-26(40)27(22-39)47-28/h21,23-24,26-28,39-40H,1-4,7-20,22H2,(H,35,41)(H,36,42)(H2,34,37,43)/t23?,24?,26?,27-,28-/m1/s1. The SMILES string of the molecule is Nc1nc(=O)n([C@H]2CC(O)[C@@H](CO)O2)cc1C#CCOCCNC(=O)C1CCC(C(=O)NCCOCCOCCCCCCCl)CC1. The lowest BCUT2D eigenvalue weighted by Crippen LogP contribution is -2.39. The van der Waals surface area contributed by atoms with Crippen LogP contribution in [0.4, 0.5) is 5.82 Å². The van der Waals surface area contributed by atoms with Gasteiger partial charge in [0.05, 0.1) is 44.7 Å². The minimum absolute atomic E-state index is 0.00694. The molecule has 1 aliphatic heterocycles. The molecule has 1 unspecified atom stereocenters. The normalized spacial score (nSPS) is 22.4. The van der Waals surface area contributed by atoms with E-state index in [0.717, 1.165) is 32.3 Å². The predicted molar refractivity (Wildman–Crippen MR) is 175 cm³/mol. The summed E-state index contributed by atoms with van der Waals surface area (Å²) in [5, 5.41) is 25.1. The van der Waals surface area contributed by atoms with Crippen LogP contribution in [0, 0.1) is 23.7 Å². The van der Waals surface area contributed by atoms with Gasteiger partial charge in [0.2, 0.25) is 11.8 Å². The summed E-state index contributed by atoms with van der Waals surface area (Å²) in [5.74, 6) is 6.02. The number of nitrogens with two attached hydrogens (primary N) is 1. The fraction of sp³-hybridized carbons (Fsp3) is 0.750. The number of nitrogens with one attached hydrogen (secondary N) is 2. The van der Waals surface area contributed by atoms with Crippen molar-refractivity contribution in [2.24, 2.45) is 11.8 Å². The highest BCUT2D eigenvalue weighted by atomic mass is 35.5. The lowest BCUT2D eigenvalue weighted by Gasteiger charge is -2.27.